The topological polar surface area (TPSA) is 74.2 Å². The van der Waals surface area contributed by atoms with E-state index in [9.17, 15) is 0 Å². The number of aromatic nitrogens is 2. The lowest BCUT2D eigenvalue weighted by Crippen LogP contribution is -2.20. The van der Waals surface area contributed by atoms with Crippen molar-refractivity contribution in [3.05, 3.63) is 11.7 Å². The van der Waals surface area contributed by atoms with E-state index in [4.69, 9.17) is 15.0 Å². The van der Waals surface area contributed by atoms with Crippen molar-refractivity contribution < 1.29 is 9.26 Å². The van der Waals surface area contributed by atoms with Crippen LogP contribution in [0.2, 0.25) is 0 Å². The zero-order valence-corrected chi connectivity index (χ0v) is 10.8. The Kier molecular flexibility index (Phi) is 5.79. The molecule has 1 aromatic heterocycles. The van der Waals surface area contributed by atoms with Crippen molar-refractivity contribution in [1.29, 1.82) is 0 Å². The van der Waals surface area contributed by atoms with Gasteiger partial charge in [0.25, 0.3) is 0 Å². The zero-order chi connectivity index (χ0) is 12.0. The summed E-state index contributed by atoms with van der Waals surface area (Å²) < 4.78 is 10.5. The normalized spacial score (nSPS) is 13.3. The van der Waals surface area contributed by atoms with E-state index in [1.165, 1.54) is 0 Å². The molecule has 92 valence electrons. The Balaban J connectivity index is 2.43. The fourth-order valence-electron chi connectivity index (χ4n) is 1.08. The molecule has 1 aromatic rings. The van der Waals surface area contributed by atoms with Crippen molar-refractivity contribution in [3.8, 4) is 0 Å². The third kappa shape index (κ3) is 4.51. The van der Waals surface area contributed by atoms with Gasteiger partial charge in [-0.3, -0.25) is 0 Å². The van der Waals surface area contributed by atoms with Gasteiger partial charge in [0.05, 0.1) is 18.8 Å². The second-order valence-electron chi connectivity index (χ2n) is 3.78. The maximum atomic E-state index is 5.87. The van der Waals surface area contributed by atoms with E-state index in [1.807, 2.05) is 20.1 Å². The van der Waals surface area contributed by atoms with E-state index in [2.05, 4.69) is 10.1 Å². The SMILES string of the molecule is CSCCc1nc(C(N)COC(C)C)no1. The summed E-state index contributed by atoms with van der Waals surface area (Å²) in [5, 5.41) is 3.85. The van der Waals surface area contributed by atoms with E-state index in [1.54, 1.807) is 11.8 Å². The number of nitrogens with zero attached hydrogens (tertiary/aromatic N) is 2. The van der Waals surface area contributed by atoms with E-state index >= 15 is 0 Å². The quantitative estimate of drug-likeness (QED) is 0.782. The molecule has 0 amide bonds. The molecule has 0 bridgehead atoms. The van der Waals surface area contributed by atoms with Gasteiger partial charge >= 0.3 is 0 Å². The van der Waals surface area contributed by atoms with Crippen molar-refractivity contribution in [2.75, 3.05) is 18.6 Å². The maximum Gasteiger partial charge on any atom is 0.227 e. The van der Waals surface area contributed by atoms with Crippen LogP contribution in [0.5, 0.6) is 0 Å². The number of hydrogen-bond acceptors (Lipinski definition) is 6. The molecule has 0 aliphatic rings. The Morgan fingerprint density at radius 2 is 2.25 bits per heavy atom. The van der Waals surface area contributed by atoms with Gasteiger partial charge in [0.15, 0.2) is 5.82 Å². The van der Waals surface area contributed by atoms with Crippen LogP contribution in [-0.4, -0.2) is 34.9 Å². The van der Waals surface area contributed by atoms with Crippen LogP contribution in [0.15, 0.2) is 4.52 Å². The summed E-state index contributed by atoms with van der Waals surface area (Å²) in [5.41, 5.74) is 5.87. The Labute approximate surface area is 100 Å². The Hall–Kier alpha value is -0.590. The molecule has 5 nitrogen and oxygen atoms in total. The molecule has 2 N–H and O–H groups in total. The highest BCUT2D eigenvalue weighted by Gasteiger charge is 2.14. The molecule has 0 saturated heterocycles. The summed E-state index contributed by atoms with van der Waals surface area (Å²) in [6.07, 6.45) is 2.99. The third-order valence-corrected chi connectivity index (χ3v) is 2.56. The minimum Gasteiger partial charge on any atom is -0.377 e. The molecule has 0 radical (unpaired) electrons. The molecule has 0 saturated carbocycles. The first-order chi connectivity index (χ1) is 7.63. The van der Waals surface area contributed by atoms with Crippen molar-refractivity contribution in [2.45, 2.75) is 32.4 Å². The van der Waals surface area contributed by atoms with Gasteiger partial charge in [-0.2, -0.15) is 16.7 Å². The van der Waals surface area contributed by atoms with E-state index in [0.29, 0.717) is 18.3 Å². The van der Waals surface area contributed by atoms with Crippen LogP contribution in [0.25, 0.3) is 0 Å². The molecular formula is C10H19N3O2S. The van der Waals surface area contributed by atoms with Crippen molar-refractivity contribution in [2.24, 2.45) is 5.73 Å². The van der Waals surface area contributed by atoms with Gasteiger partial charge in [-0.1, -0.05) is 5.16 Å². The monoisotopic (exact) mass is 245 g/mol. The zero-order valence-electron chi connectivity index (χ0n) is 9.97. The van der Waals surface area contributed by atoms with Crippen molar-refractivity contribution >= 4 is 11.8 Å². The van der Waals surface area contributed by atoms with Gasteiger partial charge in [-0.15, -0.1) is 0 Å². The molecule has 0 spiro atoms. The lowest BCUT2D eigenvalue weighted by molar-refractivity contribution is 0.0665. The first-order valence-electron chi connectivity index (χ1n) is 5.32. The second kappa shape index (κ2) is 6.88. The number of ether oxygens (including phenoxy) is 1. The number of rotatable bonds is 7. The average Bonchev–Trinajstić information content (AvgIpc) is 2.71. The molecule has 0 aliphatic carbocycles. The smallest absolute Gasteiger partial charge is 0.227 e. The first kappa shape index (κ1) is 13.5. The second-order valence-corrected chi connectivity index (χ2v) is 4.76. The Morgan fingerprint density at radius 1 is 1.50 bits per heavy atom. The van der Waals surface area contributed by atoms with Gasteiger partial charge in [0.1, 0.15) is 0 Å². The van der Waals surface area contributed by atoms with Crippen molar-refractivity contribution in [3.63, 3.8) is 0 Å². The molecule has 1 heterocycles. The Bertz CT molecular complexity index is 304. The molecule has 16 heavy (non-hydrogen) atoms. The van der Waals surface area contributed by atoms with Gasteiger partial charge in [0.2, 0.25) is 5.89 Å². The van der Waals surface area contributed by atoms with Gasteiger partial charge in [-0.25, -0.2) is 0 Å². The lowest BCUT2D eigenvalue weighted by Gasteiger charge is -2.10. The summed E-state index contributed by atoms with van der Waals surface area (Å²) in [5.74, 6) is 2.14. The molecule has 1 unspecified atom stereocenters. The largest absolute Gasteiger partial charge is 0.377 e. The number of thioether (sulfide) groups is 1. The number of hydrogen-bond donors (Lipinski definition) is 1. The number of aryl methyl sites for hydroxylation is 1. The minimum atomic E-state index is -0.311. The fraction of sp³-hybridized carbons (Fsp3) is 0.800. The summed E-state index contributed by atoms with van der Waals surface area (Å²) in [7, 11) is 0. The van der Waals surface area contributed by atoms with Crippen LogP contribution in [0.3, 0.4) is 0 Å². The van der Waals surface area contributed by atoms with Crippen LogP contribution in [0, 0.1) is 0 Å². The molecule has 1 rings (SSSR count). The van der Waals surface area contributed by atoms with Crippen LogP contribution in [-0.2, 0) is 11.2 Å². The predicted octanol–water partition coefficient (Wildman–Crippen LogP) is 1.40. The maximum absolute atomic E-state index is 5.87. The molecule has 0 aromatic carbocycles. The van der Waals surface area contributed by atoms with Gasteiger partial charge in [0, 0.05) is 12.2 Å². The van der Waals surface area contributed by atoms with Gasteiger partial charge in [-0.05, 0) is 20.1 Å². The highest BCUT2D eigenvalue weighted by atomic mass is 32.2. The number of nitrogens with two attached hydrogens (primary N) is 1. The molecule has 0 fully saturated rings. The highest BCUT2D eigenvalue weighted by Crippen LogP contribution is 2.09. The van der Waals surface area contributed by atoms with E-state index in [-0.39, 0.29) is 12.1 Å². The fourth-order valence-corrected chi connectivity index (χ4v) is 1.46. The van der Waals surface area contributed by atoms with E-state index < -0.39 is 0 Å². The summed E-state index contributed by atoms with van der Waals surface area (Å²) in [6.45, 7) is 4.35. The van der Waals surface area contributed by atoms with Crippen molar-refractivity contribution in [1.82, 2.24) is 10.1 Å². The minimum absolute atomic E-state index is 0.161. The summed E-state index contributed by atoms with van der Waals surface area (Å²) >= 11 is 1.74. The van der Waals surface area contributed by atoms with Crippen LogP contribution < -0.4 is 5.73 Å². The molecule has 0 aliphatic heterocycles. The highest BCUT2D eigenvalue weighted by molar-refractivity contribution is 7.98. The third-order valence-electron chi connectivity index (χ3n) is 1.94. The Morgan fingerprint density at radius 3 is 2.88 bits per heavy atom. The standard InChI is InChI=1S/C10H19N3O2S/c1-7(2)14-6-8(11)10-12-9(15-13-10)4-5-16-3/h7-8H,4-6,11H2,1-3H3. The average molecular weight is 245 g/mol. The first-order valence-corrected chi connectivity index (χ1v) is 6.71. The summed E-state index contributed by atoms with van der Waals surface area (Å²) in [4.78, 5) is 4.23. The van der Waals surface area contributed by atoms with Crippen LogP contribution >= 0.6 is 11.8 Å². The summed E-state index contributed by atoms with van der Waals surface area (Å²) in [6, 6.07) is -0.311. The predicted molar refractivity (Wildman–Crippen MR) is 64.4 cm³/mol. The lowest BCUT2D eigenvalue weighted by atomic mass is 10.3. The van der Waals surface area contributed by atoms with Gasteiger partial charge < -0.3 is 15.0 Å². The molecular weight excluding hydrogens is 226 g/mol. The van der Waals surface area contributed by atoms with E-state index in [0.717, 1.165) is 12.2 Å². The van der Waals surface area contributed by atoms with Crippen LogP contribution in [0.1, 0.15) is 31.6 Å². The van der Waals surface area contributed by atoms with Crippen LogP contribution in [0.4, 0.5) is 0 Å². The molecule has 1 atom stereocenters. The molecule has 6 heteroatoms.